The van der Waals surface area contributed by atoms with Crippen LogP contribution < -0.4 is 5.32 Å². The molecule has 1 aromatic rings. The molecule has 0 bridgehead atoms. The molecule has 4 nitrogen and oxygen atoms in total. The van der Waals surface area contributed by atoms with E-state index in [1.54, 1.807) is 0 Å². The van der Waals surface area contributed by atoms with Crippen LogP contribution in [0.25, 0.3) is 0 Å². The number of hydrogen-bond donors (Lipinski definition) is 2. The van der Waals surface area contributed by atoms with Gasteiger partial charge < -0.3 is 15.3 Å². The Hall–Kier alpha value is -1.55. The fourth-order valence-corrected chi connectivity index (χ4v) is 2.97. The van der Waals surface area contributed by atoms with Crippen LogP contribution >= 0.6 is 0 Å². The third-order valence-electron chi connectivity index (χ3n) is 4.25. The highest BCUT2D eigenvalue weighted by molar-refractivity contribution is 5.65. The average Bonchev–Trinajstić information content (AvgIpc) is 2.41. The smallest absolute Gasteiger partial charge is 0.407 e. The minimum Gasteiger partial charge on any atom is -0.465 e. The molecule has 0 saturated carbocycles. The average molecular weight is 276 g/mol. The maximum atomic E-state index is 11.1. The van der Waals surface area contributed by atoms with E-state index in [0.29, 0.717) is 19.1 Å². The minimum atomic E-state index is -0.812. The zero-order valence-corrected chi connectivity index (χ0v) is 12.5. The maximum absolute atomic E-state index is 11.1. The highest BCUT2D eigenvalue weighted by Crippen LogP contribution is 2.31. The molecule has 1 saturated heterocycles. The summed E-state index contributed by atoms with van der Waals surface area (Å²) in [6.07, 6.45) is 0.0452. The monoisotopic (exact) mass is 276 g/mol. The van der Waals surface area contributed by atoms with Gasteiger partial charge in [0.05, 0.1) is 0 Å². The molecule has 1 aliphatic rings. The quantitative estimate of drug-likeness (QED) is 0.892. The second-order valence-electron chi connectivity index (χ2n) is 6.33. The molecule has 1 heterocycles. The minimum absolute atomic E-state index is 0.0559. The van der Waals surface area contributed by atoms with E-state index in [1.165, 1.54) is 10.5 Å². The molecule has 1 aliphatic heterocycles. The number of amides is 1. The number of rotatable bonds is 3. The first-order chi connectivity index (χ1) is 9.40. The van der Waals surface area contributed by atoms with Crippen molar-refractivity contribution < 1.29 is 9.90 Å². The van der Waals surface area contributed by atoms with Crippen LogP contribution in [-0.4, -0.2) is 35.2 Å². The van der Waals surface area contributed by atoms with Crippen LogP contribution in [0.15, 0.2) is 30.3 Å². The molecule has 1 amide bonds. The number of piperidine rings is 1. The summed E-state index contributed by atoms with van der Waals surface area (Å²) >= 11 is 0. The maximum Gasteiger partial charge on any atom is 0.407 e. The molecule has 0 radical (unpaired) electrons. The Morgan fingerprint density at radius 3 is 2.60 bits per heavy atom. The third kappa shape index (κ3) is 3.31. The standard InChI is InChI=1S/C16H24N2O2/c1-12(13-7-5-4-6-8-13)17-14-9-10-18(15(19)20)11-16(14,2)3/h4-8,12,14,17H,9-11H2,1-3H3,(H,19,20)/t12-,14?/m0/s1. The van der Waals surface area contributed by atoms with Crippen molar-refractivity contribution in [1.29, 1.82) is 0 Å². The lowest BCUT2D eigenvalue weighted by atomic mass is 9.78. The van der Waals surface area contributed by atoms with E-state index in [9.17, 15) is 4.79 Å². The van der Waals surface area contributed by atoms with Gasteiger partial charge in [0.15, 0.2) is 0 Å². The van der Waals surface area contributed by atoms with Crippen LogP contribution in [0.1, 0.15) is 38.8 Å². The second-order valence-corrected chi connectivity index (χ2v) is 6.33. The van der Waals surface area contributed by atoms with E-state index in [-0.39, 0.29) is 11.5 Å². The largest absolute Gasteiger partial charge is 0.465 e. The highest BCUT2D eigenvalue weighted by atomic mass is 16.4. The Bertz CT molecular complexity index is 459. The van der Waals surface area contributed by atoms with Crippen molar-refractivity contribution in [3.05, 3.63) is 35.9 Å². The summed E-state index contributed by atoms with van der Waals surface area (Å²) in [5.74, 6) is 0. The number of nitrogens with one attached hydrogen (secondary N) is 1. The fourth-order valence-electron chi connectivity index (χ4n) is 2.97. The summed E-state index contributed by atoms with van der Waals surface area (Å²) in [6.45, 7) is 7.63. The van der Waals surface area contributed by atoms with E-state index in [4.69, 9.17) is 5.11 Å². The second kappa shape index (κ2) is 5.83. The van der Waals surface area contributed by atoms with Gasteiger partial charge in [-0.3, -0.25) is 0 Å². The van der Waals surface area contributed by atoms with E-state index < -0.39 is 6.09 Å². The number of carboxylic acid groups (broad SMARTS) is 1. The van der Waals surface area contributed by atoms with Crippen molar-refractivity contribution in [3.8, 4) is 0 Å². The van der Waals surface area contributed by atoms with Gasteiger partial charge in [-0.2, -0.15) is 0 Å². The van der Waals surface area contributed by atoms with Crippen LogP contribution in [0.2, 0.25) is 0 Å². The van der Waals surface area contributed by atoms with Crippen LogP contribution in [0.5, 0.6) is 0 Å². The van der Waals surface area contributed by atoms with Crippen molar-refractivity contribution in [2.45, 2.75) is 39.3 Å². The predicted molar refractivity (Wildman–Crippen MR) is 79.8 cm³/mol. The van der Waals surface area contributed by atoms with Crippen molar-refractivity contribution in [2.75, 3.05) is 13.1 Å². The van der Waals surface area contributed by atoms with Gasteiger partial charge in [0.1, 0.15) is 0 Å². The molecule has 1 unspecified atom stereocenters. The molecule has 2 N–H and O–H groups in total. The zero-order valence-electron chi connectivity index (χ0n) is 12.5. The number of hydrogen-bond acceptors (Lipinski definition) is 2. The first-order valence-corrected chi connectivity index (χ1v) is 7.19. The Labute approximate surface area is 120 Å². The Morgan fingerprint density at radius 2 is 2.05 bits per heavy atom. The van der Waals surface area contributed by atoms with Crippen molar-refractivity contribution >= 4 is 6.09 Å². The van der Waals surface area contributed by atoms with Gasteiger partial charge in [-0.1, -0.05) is 44.2 Å². The molecule has 1 fully saturated rings. The molecule has 0 aromatic heterocycles. The van der Waals surface area contributed by atoms with Gasteiger partial charge in [-0.15, -0.1) is 0 Å². The van der Waals surface area contributed by atoms with Crippen LogP contribution in [-0.2, 0) is 0 Å². The number of benzene rings is 1. The lowest BCUT2D eigenvalue weighted by Gasteiger charge is -2.44. The van der Waals surface area contributed by atoms with Gasteiger partial charge in [-0.05, 0) is 24.3 Å². The van der Waals surface area contributed by atoms with E-state index in [2.05, 4.69) is 38.2 Å². The lowest BCUT2D eigenvalue weighted by molar-refractivity contribution is 0.0670. The highest BCUT2D eigenvalue weighted by Gasteiger charge is 2.38. The third-order valence-corrected chi connectivity index (χ3v) is 4.25. The van der Waals surface area contributed by atoms with Crippen LogP contribution in [0.4, 0.5) is 4.79 Å². The van der Waals surface area contributed by atoms with E-state index >= 15 is 0 Å². The Balaban J connectivity index is 2.01. The number of carbonyl (C=O) groups is 1. The summed E-state index contributed by atoms with van der Waals surface area (Å²) in [4.78, 5) is 12.6. The lowest BCUT2D eigenvalue weighted by Crippen LogP contribution is -2.55. The summed E-state index contributed by atoms with van der Waals surface area (Å²) < 4.78 is 0. The summed E-state index contributed by atoms with van der Waals surface area (Å²) in [5, 5.41) is 12.8. The van der Waals surface area contributed by atoms with E-state index in [1.807, 2.05) is 18.2 Å². The van der Waals surface area contributed by atoms with Crippen LogP contribution in [0.3, 0.4) is 0 Å². The van der Waals surface area contributed by atoms with Crippen molar-refractivity contribution in [1.82, 2.24) is 10.2 Å². The summed E-state index contributed by atoms with van der Waals surface area (Å²) in [7, 11) is 0. The SMILES string of the molecule is C[C@H](NC1CCN(C(=O)O)CC1(C)C)c1ccccc1. The Morgan fingerprint density at radius 1 is 1.40 bits per heavy atom. The van der Waals surface area contributed by atoms with Crippen LogP contribution in [0, 0.1) is 5.41 Å². The van der Waals surface area contributed by atoms with Gasteiger partial charge in [0.25, 0.3) is 0 Å². The molecular weight excluding hydrogens is 252 g/mol. The normalized spacial score (nSPS) is 23.4. The van der Waals surface area contributed by atoms with Crippen molar-refractivity contribution in [2.24, 2.45) is 5.41 Å². The predicted octanol–water partition coefficient (Wildman–Crippen LogP) is 3.12. The molecule has 2 atom stereocenters. The molecule has 0 aliphatic carbocycles. The summed E-state index contributed by atoms with van der Waals surface area (Å²) in [5.41, 5.74) is 1.21. The van der Waals surface area contributed by atoms with Gasteiger partial charge in [-0.25, -0.2) is 4.79 Å². The first kappa shape index (κ1) is 14.9. The van der Waals surface area contributed by atoms with Gasteiger partial charge in [0.2, 0.25) is 0 Å². The molecule has 1 aromatic carbocycles. The molecule has 110 valence electrons. The first-order valence-electron chi connectivity index (χ1n) is 7.19. The number of nitrogens with zero attached hydrogens (tertiary/aromatic N) is 1. The zero-order chi connectivity index (χ0) is 14.8. The summed E-state index contributed by atoms with van der Waals surface area (Å²) in [6, 6.07) is 11.0. The van der Waals surface area contributed by atoms with Gasteiger partial charge in [0, 0.05) is 25.2 Å². The van der Waals surface area contributed by atoms with E-state index in [0.717, 1.165) is 6.42 Å². The molecule has 2 rings (SSSR count). The molecular formula is C16H24N2O2. The van der Waals surface area contributed by atoms with Crippen molar-refractivity contribution in [3.63, 3.8) is 0 Å². The molecule has 0 spiro atoms. The molecule has 20 heavy (non-hydrogen) atoms. The molecule has 4 heteroatoms. The topological polar surface area (TPSA) is 52.6 Å². The number of likely N-dealkylation sites (tertiary alicyclic amines) is 1. The Kier molecular flexibility index (Phi) is 4.33. The van der Waals surface area contributed by atoms with Gasteiger partial charge >= 0.3 is 6.09 Å². The fraction of sp³-hybridized carbons (Fsp3) is 0.562.